The Labute approximate surface area is 141 Å². The first kappa shape index (κ1) is 18.2. The smallest absolute Gasteiger partial charge is 0.166 e. The molecule has 0 aromatic heterocycles. The molecule has 1 aromatic rings. The van der Waals surface area contributed by atoms with Crippen LogP contribution in [0.4, 0.5) is 0 Å². The number of hydrogen-bond donors (Lipinski definition) is 3. The topological polar surface area (TPSA) is 37.7 Å². The third kappa shape index (κ3) is 6.63. The summed E-state index contributed by atoms with van der Waals surface area (Å²) in [5.41, 5.74) is 1.16. The van der Waals surface area contributed by atoms with Crippen molar-refractivity contribution in [3.05, 3.63) is 28.2 Å². The van der Waals surface area contributed by atoms with Gasteiger partial charge in [0.1, 0.15) is 5.75 Å². The summed E-state index contributed by atoms with van der Waals surface area (Å²) >= 11 is 8.83. The summed E-state index contributed by atoms with van der Waals surface area (Å²) in [5, 5.41) is 7.24. The van der Waals surface area contributed by atoms with Crippen molar-refractivity contribution in [1.29, 1.82) is 0 Å². The zero-order chi connectivity index (χ0) is 15.8. The molecule has 0 unspecified atom stereocenters. The Balaban J connectivity index is 2.43. The summed E-state index contributed by atoms with van der Waals surface area (Å²) in [7, 11) is 5.97. The van der Waals surface area contributed by atoms with E-state index >= 15 is 0 Å². The normalized spacial score (nSPS) is 12.1. The molecule has 0 aliphatic rings. The van der Waals surface area contributed by atoms with Gasteiger partial charge in [-0.25, -0.2) is 0 Å². The third-order valence-electron chi connectivity index (χ3n) is 3.16. The second-order valence-corrected chi connectivity index (χ2v) is 6.59. The Morgan fingerprint density at radius 1 is 1.43 bits per heavy atom. The first-order valence-electron chi connectivity index (χ1n) is 7.11. The molecule has 1 aromatic carbocycles. The lowest BCUT2D eigenvalue weighted by Gasteiger charge is -2.18. The minimum Gasteiger partial charge on any atom is -0.496 e. The highest BCUT2D eigenvalue weighted by Gasteiger charge is 2.09. The molecule has 1 rings (SSSR count). The fraction of sp³-hybridized carbons (Fsp3) is 0.533. The Bertz CT molecular complexity index is 468. The number of hydrogen-bond acceptors (Lipinski definition) is 2. The summed E-state index contributed by atoms with van der Waals surface area (Å²) in [6.07, 6.45) is 1.10. The molecule has 0 amide bonds. The summed E-state index contributed by atoms with van der Waals surface area (Å²) < 4.78 is 6.19. The molecule has 0 fully saturated rings. The van der Waals surface area contributed by atoms with Crippen molar-refractivity contribution >= 4 is 33.3 Å². The molecule has 21 heavy (non-hydrogen) atoms. The van der Waals surface area contributed by atoms with Gasteiger partial charge in [0.15, 0.2) is 5.11 Å². The molecule has 0 bridgehead atoms. The van der Waals surface area contributed by atoms with Crippen LogP contribution in [0.1, 0.15) is 24.9 Å². The van der Waals surface area contributed by atoms with E-state index in [1.807, 2.05) is 12.1 Å². The maximum absolute atomic E-state index is 5.33. The maximum Gasteiger partial charge on any atom is 0.166 e. The van der Waals surface area contributed by atoms with Crippen LogP contribution in [0.5, 0.6) is 5.75 Å². The SMILES string of the molecule is COc1ccc([C@H](C)NC(=S)NCCC[NH+](C)C)cc1Br. The quantitative estimate of drug-likeness (QED) is 0.499. The van der Waals surface area contributed by atoms with Crippen LogP contribution in [0.25, 0.3) is 0 Å². The molecule has 0 aliphatic carbocycles. The van der Waals surface area contributed by atoms with Crippen LogP contribution in [0.2, 0.25) is 0 Å². The Kier molecular flexibility index (Phi) is 8.00. The third-order valence-corrected chi connectivity index (χ3v) is 4.04. The van der Waals surface area contributed by atoms with Crippen LogP contribution in [-0.4, -0.2) is 39.4 Å². The van der Waals surface area contributed by atoms with E-state index in [0.717, 1.165) is 35.3 Å². The molecule has 0 saturated heterocycles. The summed E-state index contributed by atoms with van der Waals surface area (Å²) in [6, 6.07) is 6.19. The standard InChI is InChI=1S/C15H24BrN3OS/c1-11(12-6-7-14(20-4)13(16)10-12)18-15(21)17-8-5-9-19(2)3/h6-7,10-11H,5,8-9H2,1-4H3,(H2,17,18,21)/p+1/t11-/m0/s1. The highest BCUT2D eigenvalue weighted by Crippen LogP contribution is 2.27. The number of halogens is 1. The van der Waals surface area contributed by atoms with Gasteiger partial charge >= 0.3 is 0 Å². The average Bonchev–Trinajstić information content (AvgIpc) is 2.43. The van der Waals surface area contributed by atoms with Crippen LogP contribution >= 0.6 is 28.1 Å². The maximum atomic E-state index is 5.33. The van der Waals surface area contributed by atoms with Crippen molar-refractivity contribution in [3.63, 3.8) is 0 Å². The fourth-order valence-electron chi connectivity index (χ4n) is 1.93. The van der Waals surface area contributed by atoms with Gasteiger partial charge < -0.3 is 20.3 Å². The van der Waals surface area contributed by atoms with Gasteiger partial charge in [0.25, 0.3) is 0 Å². The highest BCUT2D eigenvalue weighted by atomic mass is 79.9. The molecule has 0 aliphatic heterocycles. The molecule has 1 atom stereocenters. The van der Waals surface area contributed by atoms with Gasteiger partial charge in [-0.15, -0.1) is 0 Å². The van der Waals surface area contributed by atoms with Gasteiger partial charge in [0.05, 0.1) is 38.3 Å². The Morgan fingerprint density at radius 3 is 2.71 bits per heavy atom. The summed E-state index contributed by atoms with van der Waals surface area (Å²) in [5.74, 6) is 0.831. The van der Waals surface area contributed by atoms with E-state index in [9.17, 15) is 0 Å². The Morgan fingerprint density at radius 2 is 2.14 bits per heavy atom. The van der Waals surface area contributed by atoms with E-state index in [-0.39, 0.29) is 6.04 Å². The highest BCUT2D eigenvalue weighted by molar-refractivity contribution is 9.10. The number of ether oxygens (including phenoxy) is 1. The molecule has 0 spiro atoms. The van der Waals surface area contributed by atoms with Crippen molar-refractivity contribution in [1.82, 2.24) is 10.6 Å². The molecule has 3 N–H and O–H groups in total. The fourth-order valence-corrected chi connectivity index (χ4v) is 2.76. The van der Waals surface area contributed by atoms with Gasteiger partial charge in [-0.05, 0) is 52.8 Å². The molecule has 0 saturated carbocycles. The number of benzene rings is 1. The number of thiocarbonyl (C=S) groups is 1. The number of rotatable bonds is 7. The minimum absolute atomic E-state index is 0.145. The number of nitrogens with one attached hydrogen (secondary N) is 3. The van der Waals surface area contributed by atoms with Gasteiger partial charge in [0, 0.05) is 13.0 Å². The van der Waals surface area contributed by atoms with Crippen molar-refractivity contribution < 1.29 is 9.64 Å². The van der Waals surface area contributed by atoms with Crippen molar-refractivity contribution in [3.8, 4) is 5.75 Å². The first-order chi connectivity index (χ1) is 9.93. The lowest BCUT2D eigenvalue weighted by atomic mass is 10.1. The zero-order valence-electron chi connectivity index (χ0n) is 13.1. The predicted molar refractivity (Wildman–Crippen MR) is 95.1 cm³/mol. The summed E-state index contributed by atoms with van der Waals surface area (Å²) in [4.78, 5) is 1.45. The molecule has 0 heterocycles. The number of quaternary nitrogens is 1. The molecular weight excluding hydrogens is 350 g/mol. The van der Waals surface area contributed by atoms with E-state index in [1.165, 1.54) is 4.90 Å². The summed E-state index contributed by atoms with van der Waals surface area (Å²) in [6.45, 7) is 4.12. The molecule has 4 nitrogen and oxygen atoms in total. The second-order valence-electron chi connectivity index (χ2n) is 5.33. The van der Waals surface area contributed by atoms with Crippen molar-refractivity contribution in [2.75, 3.05) is 34.3 Å². The minimum atomic E-state index is 0.145. The lowest BCUT2D eigenvalue weighted by Crippen LogP contribution is -3.05. The van der Waals surface area contributed by atoms with Gasteiger partial charge in [-0.3, -0.25) is 0 Å². The van der Waals surface area contributed by atoms with Crippen LogP contribution in [-0.2, 0) is 0 Å². The van der Waals surface area contributed by atoms with E-state index in [4.69, 9.17) is 17.0 Å². The van der Waals surface area contributed by atoms with E-state index in [2.05, 4.69) is 53.6 Å². The molecular formula is C15H25BrN3OS+. The lowest BCUT2D eigenvalue weighted by molar-refractivity contribution is -0.858. The van der Waals surface area contributed by atoms with Crippen LogP contribution in [0, 0.1) is 0 Å². The van der Waals surface area contributed by atoms with Gasteiger partial charge in [-0.2, -0.15) is 0 Å². The van der Waals surface area contributed by atoms with Crippen LogP contribution in [0.3, 0.4) is 0 Å². The number of methoxy groups -OCH3 is 1. The molecule has 0 radical (unpaired) electrons. The predicted octanol–water partition coefficient (Wildman–Crippen LogP) is 1.52. The van der Waals surface area contributed by atoms with E-state index in [1.54, 1.807) is 7.11 Å². The van der Waals surface area contributed by atoms with Crippen LogP contribution in [0.15, 0.2) is 22.7 Å². The Hall–Kier alpha value is -0.850. The largest absolute Gasteiger partial charge is 0.496 e. The van der Waals surface area contributed by atoms with Gasteiger partial charge in [0.2, 0.25) is 0 Å². The van der Waals surface area contributed by atoms with E-state index in [0.29, 0.717) is 5.11 Å². The van der Waals surface area contributed by atoms with Gasteiger partial charge in [-0.1, -0.05) is 6.07 Å². The monoisotopic (exact) mass is 374 g/mol. The van der Waals surface area contributed by atoms with Crippen molar-refractivity contribution in [2.45, 2.75) is 19.4 Å². The molecule has 6 heteroatoms. The van der Waals surface area contributed by atoms with E-state index < -0.39 is 0 Å². The van der Waals surface area contributed by atoms with Crippen molar-refractivity contribution in [2.24, 2.45) is 0 Å². The molecule has 118 valence electrons. The van der Waals surface area contributed by atoms with Crippen LogP contribution < -0.4 is 20.3 Å². The first-order valence-corrected chi connectivity index (χ1v) is 8.31. The zero-order valence-corrected chi connectivity index (χ0v) is 15.5. The second kappa shape index (κ2) is 9.23. The average molecular weight is 375 g/mol.